The number of hydrogen-bond acceptors (Lipinski definition) is 4. The van der Waals surface area contributed by atoms with Crippen molar-refractivity contribution < 1.29 is 9.18 Å². The highest BCUT2D eigenvalue weighted by Crippen LogP contribution is 2.29. The highest BCUT2D eigenvalue weighted by Gasteiger charge is 2.25. The average molecular weight is 457 g/mol. The summed E-state index contributed by atoms with van der Waals surface area (Å²) in [6.45, 7) is 2.14. The number of nitrogens with one attached hydrogen (secondary N) is 2. The molecule has 0 aliphatic carbocycles. The van der Waals surface area contributed by atoms with Gasteiger partial charge in [-0.1, -0.05) is 29.8 Å². The monoisotopic (exact) mass is 456 g/mol. The number of rotatable bonds is 5. The Hall–Kier alpha value is -3.23. The van der Waals surface area contributed by atoms with Crippen molar-refractivity contribution in [3.63, 3.8) is 0 Å². The molecule has 1 atom stereocenters. The van der Waals surface area contributed by atoms with Crippen LogP contribution in [0.5, 0.6) is 0 Å². The summed E-state index contributed by atoms with van der Waals surface area (Å²) in [5.41, 5.74) is 0.974. The van der Waals surface area contributed by atoms with Gasteiger partial charge in [-0.05, 0) is 42.1 Å². The highest BCUT2D eigenvalue weighted by molar-refractivity contribution is 7.09. The lowest BCUT2D eigenvalue weighted by atomic mass is 10.0. The first kappa shape index (κ1) is 21.0. The quantitative estimate of drug-likeness (QED) is 0.412. The number of aromatic nitrogens is 2. The number of halogens is 2. The van der Waals surface area contributed by atoms with Gasteiger partial charge < -0.3 is 15.2 Å². The molecule has 158 valence electrons. The average Bonchev–Trinajstić information content (AvgIpc) is 3.28. The van der Waals surface area contributed by atoms with Gasteiger partial charge in [0.1, 0.15) is 10.8 Å². The molecule has 0 saturated carbocycles. The molecule has 0 fully saturated rings. The number of anilines is 1. The first-order valence-electron chi connectivity index (χ1n) is 9.45. The molecule has 2 aromatic heterocycles. The maximum absolute atomic E-state index is 13.5. The molecule has 2 N–H and O–H groups in total. The summed E-state index contributed by atoms with van der Waals surface area (Å²) in [6, 6.07) is 10.4. The molecule has 0 saturated heterocycles. The molecule has 0 bridgehead atoms. The van der Waals surface area contributed by atoms with Crippen LogP contribution in [0.2, 0.25) is 5.02 Å². The van der Waals surface area contributed by atoms with E-state index in [1.807, 2.05) is 24.4 Å². The molecule has 4 rings (SSSR count). The van der Waals surface area contributed by atoms with Crippen LogP contribution in [-0.2, 0) is 6.54 Å². The summed E-state index contributed by atoms with van der Waals surface area (Å²) >= 11 is 7.29. The minimum absolute atomic E-state index is 0.0797. The van der Waals surface area contributed by atoms with Crippen molar-refractivity contribution in [3.8, 4) is 0 Å². The van der Waals surface area contributed by atoms with E-state index in [-0.39, 0.29) is 17.1 Å². The van der Waals surface area contributed by atoms with E-state index in [9.17, 15) is 14.0 Å². The van der Waals surface area contributed by atoms with Crippen LogP contribution in [0, 0.1) is 5.82 Å². The van der Waals surface area contributed by atoms with Crippen molar-refractivity contribution in [2.24, 2.45) is 0 Å². The van der Waals surface area contributed by atoms with Crippen LogP contribution in [0.4, 0.5) is 14.9 Å². The number of benzene rings is 2. The SMILES string of the molecule is C[C@H](c1c[nH]c(=O)c2ccccc12)N(Cc1nccs1)C(=O)Nc1ccc(F)c(Cl)c1. The van der Waals surface area contributed by atoms with Gasteiger partial charge in [-0.15, -0.1) is 11.3 Å². The van der Waals surface area contributed by atoms with Gasteiger partial charge in [0, 0.05) is 28.8 Å². The van der Waals surface area contributed by atoms with Gasteiger partial charge in [0.2, 0.25) is 0 Å². The molecule has 0 aliphatic heterocycles. The summed E-state index contributed by atoms with van der Waals surface area (Å²) in [6.07, 6.45) is 3.31. The van der Waals surface area contributed by atoms with Crippen LogP contribution in [0.25, 0.3) is 10.8 Å². The van der Waals surface area contributed by atoms with Crippen molar-refractivity contribution >= 4 is 45.4 Å². The van der Waals surface area contributed by atoms with Gasteiger partial charge >= 0.3 is 6.03 Å². The fourth-order valence-electron chi connectivity index (χ4n) is 3.38. The van der Waals surface area contributed by atoms with Crippen molar-refractivity contribution in [1.29, 1.82) is 0 Å². The number of pyridine rings is 1. The van der Waals surface area contributed by atoms with E-state index >= 15 is 0 Å². The number of carbonyl (C=O) groups is 1. The normalized spacial score (nSPS) is 12.0. The first-order chi connectivity index (χ1) is 14.9. The van der Waals surface area contributed by atoms with Crippen LogP contribution < -0.4 is 10.9 Å². The van der Waals surface area contributed by atoms with Crippen LogP contribution in [0.1, 0.15) is 23.5 Å². The second-order valence-corrected chi connectivity index (χ2v) is 8.29. The van der Waals surface area contributed by atoms with Gasteiger partial charge in [0.05, 0.1) is 17.6 Å². The van der Waals surface area contributed by atoms with E-state index in [1.54, 1.807) is 29.4 Å². The van der Waals surface area contributed by atoms with Crippen molar-refractivity contribution in [3.05, 3.63) is 92.0 Å². The van der Waals surface area contributed by atoms with E-state index in [4.69, 9.17) is 11.6 Å². The summed E-state index contributed by atoms with van der Waals surface area (Å²) < 4.78 is 13.5. The molecular weight excluding hydrogens is 439 g/mol. The Labute approximate surface area is 186 Å². The zero-order valence-electron chi connectivity index (χ0n) is 16.4. The standard InChI is InChI=1S/C22H18ClFN4O2S/c1-13(17-11-26-21(29)16-5-3-2-4-15(16)17)28(12-20-25-8-9-31-20)22(30)27-14-6-7-19(24)18(23)10-14/h2-11,13H,12H2,1H3,(H,26,29)(H,27,30)/t13-/m1/s1. The third-order valence-corrected chi connectivity index (χ3v) is 6.03. The number of thiazole rings is 1. The predicted octanol–water partition coefficient (Wildman–Crippen LogP) is 5.57. The Balaban J connectivity index is 1.71. The molecule has 9 heteroatoms. The Morgan fingerprint density at radius 3 is 2.77 bits per heavy atom. The lowest BCUT2D eigenvalue weighted by Crippen LogP contribution is -2.37. The number of carbonyl (C=O) groups excluding carboxylic acids is 1. The number of hydrogen-bond donors (Lipinski definition) is 2. The van der Waals surface area contributed by atoms with Gasteiger partial charge in [-0.3, -0.25) is 4.79 Å². The maximum Gasteiger partial charge on any atom is 0.322 e. The molecule has 6 nitrogen and oxygen atoms in total. The van der Waals surface area contributed by atoms with E-state index in [0.29, 0.717) is 11.1 Å². The molecular formula is C22H18ClFN4O2S. The number of nitrogens with zero attached hydrogens (tertiary/aromatic N) is 2. The van der Waals surface area contributed by atoms with E-state index in [1.165, 1.54) is 29.5 Å². The minimum atomic E-state index is -0.563. The van der Waals surface area contributed by atoms with E-state index in [0.717, 1.165) is 16.0 Å². The number of aromatic amines is 1. The molecule has 4 aromatic rings. The molecule has 2 heterocycles. The largest absolute Gasteiger partial charge is 0.328 e. The smallest absolute Gasteiger partial charge is 0.322 e. The number of urea groups is 1. The second kappa shape index (κ2) is 8.87. The Morgan fingerprint density at radius 1 is 1.29 bits per heavy atom. The minimum Gasteiger partial charge on any atom is -0.328 e. The van der Waals surface area contributed by atoms with Gasteiger partial charge in [-0.2, -0.15) is 0 Å². The van der Waals surface area contributed by atoms with Crippen LogP contribution in [0.15, 0.2) is 65.0 Å². The molecule has 2 amide bonds. The zero-order valence-corrected chi connectivity index (χ0v) is 18.0. The lowest BCUT2D eigenvalue weighted by molar-refractivity contribution is 0.189. The fourth-order valence-corrected chi connectivity index (χ4v) is 4.17. The molecule has 31 heavy (non-hydrogen) atoms. The summed E-state index contributed by atoms with van der Waals surface area (Å²) in [7, 11) is 0. The van der Waals surface area contributed by atoms with Crippen LogP contribution in [-0.4, -0.2) is 20.9 Å². The number of fused-ring (bicyclic) bond motifs is 1. The van der Waals surface area contributed by atoms with Gasteiger partial charge in [-0.25, -0.2) is 14.2 Å². The highest BCUT2D eigenvalue weighted by atomic mass is 35.5. The third-order valence-electron chi connectivity index (χ3n) is 4.98. The lowest BCUT2D eigenvalue weighted by Gasteiger charge is -2.29. The number of H-pyrrole nitrogens is 1. The van der Waals surface area contributed by atoms with Gasteiger partial charge in [0.25, 0.3) is 5.56 Å². The topological polar surface area (TPSA) is 78.1 Å². The molecule has 2 aromatic carbocycles. The zero-order chi connectivity index (χ0) is 22.0. The van der Waals surface area contributed by atoms with Crippen molar-refractivity contribution in [1.82, 2.24) is 14.9 Å². The molecule has 0 aliphatic rings. The van der Waals surface area contributed by atoms with Gasteiger partial charge in [0.15, 0.2) is 0 Å². The van der Waals surface area contributed by atoms with Crippen LogP contribution in [0.3, 0.4) is 0 Å². The van der Waals surface area contributed by atoms with Crippen molar-refractivity contribution in [2.45, 2.75) is 19.5 Å². The molecule has 0 spiro atoms. The Morgan fingerprint density at radius 2 is 2.06 bits per heavy atom. The van der Waals surface area contributed by atoms with E-state index in [2.05, 4.69) is 15.3 Å². The van der Waals surface area contributed by atoms with Crippen molar-refractivity contribution in [2.75, 3.05) is 5.32 Å². The summed E-state index contributed by atoms with van der Waals surface area (Å²) in [4.78, 5) is 34.1. The maximum atomic E-state index is 13.5. The fraction of sp³-hybridized carbons (Fsp3) is 0.136. The van der Waals surface area contributed by atoms with Crippen LogP contribution >= 0.6 is 22.9 Å². The second-order valence-electron chi connectivity index (χ2n) is 6.91. The summed E-state index contributed by atoms with van der Waals surface area (Å²) in [5.74, 6) is -0.563. The first-order valence-corrected chi connectivity index (χ1v) is 10.7. The molecule has 0 radical (unpaired) electrons. The third kappa shape index (κ3) is 4.45. The van der Waals surface area contributed by atoms with E-state index < -0.39 is 17.9 Å². The Bertz CT molecular complexity index is 1290. The summed E-state index contributed by atoms with van der Waals surface area (Å²) in [5, 5.41) is 6.60. The Kier molecular flexibility index (Phi) is 6.01. The molecule has 0 unspecified atom stereocenters. The number of amides is 2. The predicted molar refractivity (Wildman–Crippen MR) is 121 cm³/mol.